The summed E-state index contributed by atoms with van der Waals surface area (Å²) in [6.07, 6.45) is 2.23. The van der Waals surface area contributed by atoms with Crippen molar-refractivity contribution in [1.82, 2.24) is 0 Å². The predicted octanol–water partition coefficient (Wildman–Crippen LogP) is 4.00. The van der Waals surface area contributed by atoms with Gasteiger partial charge in [-0.15, -0.1) is 0 Å². The van der Waals surface area contributed by atoms with Crippen LogP contribution in [0.5, 0.6) is 0 Å². The van der Waals surface area contributed by atoms with Crippen LogP contribution < -0.4 is 0 Å². The maximum atomic E-state index is 13.3. The summed E-state index contributed by atoms with van der Waals surface area (Å²) in [7, 11) is 0. The van der Waals surface area contributed by atoms with Crippen LogP contribution in [0.4, 0.5) is 13.2 Å². The van der Waals surface area contributed by atoms with Crippen LogP contribution in [0.25, 0.3) is 6.08 Å². The van der Waals surface area contributed by atoms with Gasteiger partial charge in [-0.3, -0.25) is 4.79 Å². The molecule has 96 valence electrons. The molecule has 0 fully saturated rings. The third-order valence-corrected chi connectivity index (χ3v) is 2.50. The van der Waals surface area contributed by atoms with Crippen LogP contribution in [0, 0.1) is 17.5 Å². The highest BCUT2D eigenvalue weighted by atomic mass is 19.2. The quantitative estimate of drug-likeness (QED) is 0.603. The number of ketones is 1. The first-order chi connectivity index (χ1) is 9.08. The first-order valence-corrected chi connectivity index (χ1v) is 5.50. The minimum Gasteiger partial charge on any atom is -0.289 e. The molecule has 0 N–H and O–H groups in total. The van der Waals surface area contributed by atoms with E-state index in [0.29, 0.717) is 0 Å². The molecule has 1 nitrogen and oxygen atoms in total. The zero-order chi connectivity index (χ0) is 13.8. The fraction of sp³-hybridized carbons (Fsp3) is 0. The monoisotopic (exact) mass is 262 g/mol. The molecule has 0 amide bonds. The van der Waals surface area contributed by atoms with Gasteiger partial charge in [0.25, 0.3) is 0 Å². The molecule has 0 spiro atoms. The van der Waals surface area contributed by atoms with Crippen molar-refractivity contribution in [2.45, 2.75) is 0 Å². The Labute approximate surface area is 108 Å². The third-order valence-electron chi connectivity index (χ3n) is 2.50. The van der Waals surface area contributed by atoms with Gasteiger partial charge in [-0.2, -0.15) is 0 Å². The smallest absolute Gasteiger partial charge is 0.185 e. The molecule has 2 aromatic rings. The van der Waals surface area contributed by atoms with E-state index >= 15 is 0 Å². The summed E-state index contributed by atoms with van der Waals surface area (Å²) in [4.78, 5) is 11.7. The van der Waals surface area contributed by atoms with Crippen LogP contribution in [0.15, 0.2) is 48.5 Å². The van der Waals surface area contributed by atoms with Gasteiger partial charge in [0.1, 0.15) is 5.82 Å². The summed E-state index contributed by atoms with van der Waals surface area (Å²) in [5, 5.41) is 0. The summed E-state index contributed by atoms with van der Waals surface area (Å²) in [6.45, 7) is 0. The Bertz CT molecular complexity index is 648. The molecule has 0 saturated heterocycles. The van der Waals surface area contributed by atoms with Gasteiger partial charge in [-0.25, -0.2) is 13.2 Å². The maximum absolute atomic E-state index is 13.3. The minimum absolute atomic E-state index is 0.0373. The number of rotatable bonds is 3. The number of carbonyl (C=O) groups excluding carboxylic acids is 1. The Morgan fingerprint density at radius 3 is 2.47 bits per heavy atom. The number of hydrogen-bond donors (Lipinski definition) is 0. The van der Waals surface area contributed by atoms with E-state index in [1.54, 1.807) is 0 Å². The van der Waals surface area contributed by atoms with Gasteiger partial charge in [-0.05, 0) is 30.4 Å². The first kappa shape index (κ1) is 13.1. The van der Waals surface area contributed by atoms with E-state index in [-0.39, 0.29) is 11.1 Å². The number of allylic oxidation sites excluding steroid dienone is 1. The lowest BCUT2D eigenvalue weighted by atomic mass is 10.1. The predicted molar refractivity (Wildman–Crippen MR) is 66.1 cm³/mol. The van der Waals surface area contributed by atoms with Gasteiger partial charge in [0.15, 0.2) is 17.4 Å². The minimum atomic E-state index is -1.02. The first-order valence-electron chi connectivity index (χ1n) is 5.50. The second-order valence-corrected chi connectivity index (χ2v) is 3.85. The van der Waals surface area contributed by atoms with E-state index < -0.39 is 23.2 Å². The van der Waals surface area contributed by atoms with E-state index in [1.807, 2.05) is 0 Å². The number of carbonyl (C=O) groups is 1. The lowest BCUT2D eigenvalue weighted by molar-refractivity contribution is 0.104. The molecule has 4 heteroatoms. The highest BCUT2D eigenvalue weighted by Crippen LogP contribution is 2.13. The van der Waals surface area contributed by atoms with E-state index in [2.05, 4.69) is 0 Å². The zero-order valence-corrected chi connectivity index (χ0v) is 9.74. The lowest BCUT2D eigenvalue weighted by Crippen LogP contribution is -1.95. The van der Waals surface area contributed by atoms with Crippen LogP contribution in [-0.4, -0.2) is 5.78 Å². The average molecular weight is 262 g/mol. The van der Waals surface area contributed by atoms with Gasteiger partial charge in [0.05, 0.1) is 0 Å². The largest absolute Gasteiger partial charge is 0.289 e. The van der Waals surface area contributed by atoms with Crippen LogP contribution >= 0.6 is 0 Å². The van der Waals surface area contributed by atoms with Crippen LogP contribution in [0.3, 0.4) is 0 Å². The summed E-state index contributed by atoms with van der Waals surface area (Å²) < 4.78 is 39.2. The Balaban J connectivity index is 2.23. The summed E-state index contributed by atoms with van der Waals surface area (Å²) >= 11 is 0. The second kappa shape index (κ2) is 5.52. The maximum Gasteiger partial charge on any atom is 0.185 e. The third kappa shape index (κ3) is 3.10. The molecule has 19 heavy (non-hydrogen) atoms. The van der Waals surface area contributed by atoms with Crippen molar-refractivity contribution >= 4 is 11.9 Å². The summed E-state index contributed by atoms with van der Waals surface area (Å²) in [5.74, 6) is -3.02. The van der Waals surface area contributed by atoms with E-state index in [0.717, 1.165) is 24.3 Å². The molecule has 0 aliphatic heterocycles. The molecule has 0 heterocycles. The Hall–Kier alpha value is -2.36. The van der Waals surface area contributed by atoms with Gasteiger partial charge in [0.2, 0.25) is 0 Å². The topological polar surface area (TPSA) is 17.1 Å². The summed E-state index contributed by atoms with van der Waals surface area (Å²) in [6, 6.07) is 8.80. The standard InChI is InChI=1S/C15H9F3O/c16-12-5-1-4-11(9-12)14(19)8-7-10-3-2-6-13(17)15(10)18/h1-9H/b8-7+. The lowest BCUT2D eigenvalue weighted by Gasteiger charge is -1.98. The van der Waals surface area contributed by atoms with Gasteiger partial charge < -0.3 is 0 Å². The van der Waals surface area contributed by atoms with E-state index in [4.69, 9.17) is 0 Å². The molecule has 0 radical (unpaired) electrons. The van der Waals surface area contributed by atoms with Crippen molar-refractivity contribution in [3.8, 4) is 0 Å². The number of hydrogen-bond acceptors (Lipinski definition) is 1. The van der Waals surface area contributed by atoms with Crippen molar-refractivity contribution in [3.05, 3.63) is 77.1 Å². The average Bonchev–Trinajstić information content (AvgIpc) is 2.40. The highest BCUT2D eigenvalue weighted by Gasteiger charge is 2.06. The Morgan fingerprint density at radius 2 is 1.74 bits per heavy atom. The molecule has 0 atom stereocenters. The fourth-order valence-electron chi connectivity index (χ4n) is 1.55. The van der Waals surface area contributed by atoms with E-state index in [1.165, 1.54) is 30.3 Å². The molecule has 0 unspecified atom stereocenters. The SMILES string of the molecule is O=C(/C=C/c1cccc(F)c1F)c1cccc(F)c1. The molecule has 0 aromatic heterocycles. The van der Waals surface area contributed by atoms with Gasteiger partial charge in [0, 0.05) is 11.1 Å². The molecular weight excluding hydrogens is 253 g/mol. The van der Waals surface area contributed by atoms with Crippen molar-refractivity contribution in [1.29, 1.82) is 0 Å². The highest BCUT2D eigenvalue weighted by molar-refractivity contribution is 6.06. The summed E-state index contributed by atoms with van der Waals surface area (Å²) in [5.41, 5.74) is 0.109. The van der Waals surface area contributed by atoms with Crippen molar-refractivity contribution in [2.75, 3.05) is 0 Å². The van der Waals surface area contributed by atoms with Crippen LogP contribution in [0.2, 0.25) is 0 Å². The van der Waals surface area contributed by atoms with Gasteiger partial charge in [-0.1, -0.05) is 24.3 Å². The molecule has 0 aliphatic rings. The molecule has 0 saturated carbocycles. The molecule has 2 aromatic carbocycles. The Morgan fingerprint density at radius 1 is 1.00 bits per heavy atom. The van der Waals surface area contributed by atoms with Crippen molar-refractivity contribution < 1.29 is 18.0 Å². The Kier molecular flexibility index (Phi) is 3.80. The normalized spacial score (nSPS) is 10.9. The van der Waals surface area contributed by atoms with Crippen LogP contribution in [0.1, 0.15) is 15.9 Å². The zero-order valence-electron chi connectivity index (χ0n) is 9.74. The fourth-order valence-corrected chi connectivity index (χ4v) is 1.55. The van der Waals surface area contributed by atoms with E-state index in [9.17, 15) is 18.0 Å². The second-order valence-electron chi connectivity index (χ2n) is 3.85. The van der Waals surface area contributed by atoms with Gasteiger partial charge >= 0.3 is 0 Å². The molecule has 0 aliphatic carbocycles. The molecule has 0 bridgehead atoms. The van der Waals surface area contributed by atoms with Crippen molar-refractivity contribution in [2.24, 2.45) is 0 Å². The molecular formula is C15H9F3O. The number of halogens is 3. The van der Waals surface area contributed by atoms with Crippen molar-refractivity contribution in [3.63, 3.8) is 0 Å². The van der Waals surface area contributed by atoms with Crippen LogP contribution in [-0.2, 0) is 0 Å². The molecule has 2 rings (SSSR count). The number of benzene rings is 2.